The van der Waals surface area contributed by atoms with Crippen LogP contribution in [0, 0.1) is 0 Å². The Labute approximate surface area is 140 Å². The molecule has 1 fully saturated rings. The van der Waals surface area contributed by atoms with Gasteiger partial charge in [-0.15, -0.1) is 0 Å². The summed E-state index contributed by atoms with van der Waals surface area (Å²) in [5, 5.41) is 2.78. The van der Waals surface area contributed by atoms with E-state index in [-0.39, 0.29) is 24.2 Å². The number of morpholine rings is 1. The number of aromatic nitrogens is 2. The number of amides is 2. The van der Waals surface area contributed by atoms with Crippen molar-refractivity contribution in [2.45, 2.75) is 19.1 Å². The Morgan fingerprint density at radius 3 is 2.83 bits per heavy atom. The number of hydrogen-bond acceptors (Lipinski definition) is 5. The van der Waals surface area contributed by atoms with E-state index < -0.39 is 0 Å². The van der Waals surface area contributed by atoms with E-state index in [9.17, 15) is 4.79 Å². The minimum absolute atomic E-state index is 0.0466. The van der Waals surface area contributed by atoms with Gasteiger partial charge in [0, 0.05) is 12.7 Å². The van der Waals surface area contributed by atoms with Crippen molar-refractivity contribution in [3.8, 4) is 6.01 Å². The minimum Gasteiger partial charge on any atom is -0.467 e. The predicted octanol–water partition coefficient (Wildman–Crippen LogP) is 2.48. The van der Waals surface area contributed by atoms with E-state index in [0.717, 1.165) is 5.56 Å². The smallest absolute Gasteiger partial charge is 0.323 e. The zero-order valence-electron chi connectivity index (χ0n) is 13.7. The Balaban J connectivity index is 1.69. The molecule has 7 nitrogen and oxygen atoms in total. The molecule has 1 saturated heterocycles. The number of nitrogens with zero attached hydrogens (tertiary/aromatic N) is 3. The molecule has 1 aromatic heterocycles. The summed E-state index contributed by atoms with van der Waals surface area (Å²) in [7, 11) is 1.48. The average molecular weight is 328 g/mol. The zero-order chi connectivity index (χ0) is 16.9. The molecule has 0 unspecified atom stereocenters. The minimum atomic E-state index is -0.216. The average Bonchev–Trinajstić information content (AvgIpc) is 2.62. The molecular weight excluding hydrogens is 308 g/mol. The topological polar surface area (TPSA) is 76.6 Å². The Bertz CT molecular complexity index is 695. The number of carbonyl (C=O) groups is 1. The summed E-state index contributed by atoms with van der Waals surface area (Å²) in [6.45, 7) is 2.98. The number of anilines is 1. The maximum Gasteiger partial charge on any atom is 0.323 e. The molecule has 0 saturated carbocycles. The number of urea groups is 1. The van der Waals surface area contributed by atoms with Crippen LogP contribution in [0.4, 0.5) is 10.6 Å². The quantitative estimate of drug-likeness (QED) is 0.937. The van der Waals surface area contributed by atoms with Gasteiger partial charge >= 0.3 is 12.0 Å². The molecule has 3 rings (SSSR count). The van der Waals surface area contributed by atoms with Crippen molar-refractivity contribution in [2.75, 3.05) is 25.5 Å². The molecule has 2 atom stereocenters. The highest BCUT2D eigenvalue weighted by molar-refractivity contribution is 5.88. The van der Waals surface area contributed by atoms with Crippen molar-refractivity contribution in [3.63, 3.8) is 0 Å². The molecule has 2 amide bonds. The van der Waals surface area contributed by atoms with Crippen LogP contribution >= 0.6 is 0 Å². The highest BCUT2D eigenvalue weighted by atomic mass is 16.5. The normalized spacial score (nSPS) is 20.5. The van der Waals surface area contributed by atoms with Crippen LogP contribution in [-0.4, -0.2) is 47.2 Å². The summed E-state index contributed by atoms with van der Waals surface area (Å²) < 4.78 is 10.9. The molecular formula is C17H20N4O3. The van der Waals surface area contributed by atoms with E-state index in [2.05, 4.69) is 15.3 Å². The van der Waals surface area contributed by atoms with Gasteiger partial charge in [-0.1, -0.05) is 30.3 Å². The third kappa shape index (κ3) is 3.80. The van der Waals surface area contributed by atoms with Gasteiger partial charge in [0.25, 0.3) is 0 Å². The lowest BCUT2D eigenvalue weighted by Crippen LogP contribution is -2.47. The van der Waals surface area contributed by atoms with Crippen molar-refractivity contribution in [1.82, 2.24) is 14.9 Å². The van der Waals surface area contributed by atoms with Crippen LogP contribution in [0.3, 0.4) is 0 Å². The fourth-order valence-corrected chi connectivity index (χ4v) is 2.67. The lowest BCUT2D eigenvalue weighted by Gasteiger charge is -2.36. The van der Waals surface area contributed by atoms with Gasteiger partial charge in [-0.25, -0.2) is 9.78 Å². The number of hydrogen-bond donors (Lipinski definition) is 1. The van der Waals surface area contributed by atoms with E-state index in [1.807, 2.05) is 37.3 Å². The lowest BCUT2D eigenvalue weighted by molar-refractivity contribution is -0.0642. The van der Waals surface area contributed by atoms with Gasteiger partial charge in [-0.2, -0.15) is 4.98 Å². The summed E-state index contributed by atoms with van der Waals surface area (Å²) in [5.74, 6) is 0.405. The SMILES string of the molecule is COc1nccc(NC(=O)N2C[C@H](C)O[C@@H](c3ccccc3)C2)n1. The van der Waals surface area contributed by atoms with Gasteiger partial charge in [-0.3, -0.25) is 5.32 Å². The number of methoxy groups -OCH3 is 1. The molecule has 0 radical (unpaired) electrons. The Hall–Kier alpha value is -2.67. The molecule has 1 aromatic carbocycles. The van der Waals surface area contributed by atoms with E-state index >= 15 is 0 Å². The first-order chi connectivity index (χ1) is 11.7. The number of ether oxygens (including phenoxy) is 2. The van der Waals surface area contributed by atoms with E-state index in [4.69, 9.17) is 9.47 Å². The van der Waals surface area contributed by atoms with E-state index in [0.29, 0.717) is 18.9 Å². The zero-order valence-corrected chi connectivity index (χ0v) is 13.7. The number of rotatable bonds is 3. The number of benzene rings is 1. The van der Waals surface area contributed by atoms with E-state index in [1.165, 1.54) is 13.3 Å². The molecule has 0 spiro atoms. The molecule has 1 N–H and O–H groups in total. The van der Waals surface area contributed by atoms with Crippen LogP contribution in [0.25, 0.3) is 0 Å². The fourth-order valence-electron chi connectivity index (χ4n) is 2.67. The summed E-state index contributed by atoms with van der Waals surface area (Å²) in [4.78, 5) is 22.3. The van der Waals surface area contributed by atoms with Gasteiger partial charge in [0.15, 0.2) is 0 Å². The van der Waals surface area contributed by atoms with Crippen LogP contribution in [0.15, 0.2) is 42.6 Å². The molecule has 126 valence electrons. The second-order valence-electron chi connectivity index (χ2n) is 5.61. The standard InChI is InChI=1S/C17H20N4O3/c1-12-10-21(11-14(24-12)13-6-4-3-5-7-13)17(22)20-15-8-9-18-16(19-15)23-2/h3-9,12,14H,10-11H2,1-2H3,(H,18,19,20,22)/t12-,14+/m0/s1. The summed E-state index contributed by atoms with van der Waals surface area (Å²) in [6.07, 6.45) is 1.35. The van der Waals surface area contributed by atoms with Gasteiger partial charge in [-0.05, 0) is 18.6 Å². The van der Waals surface area contributed by atoms with Gasteiger partial charge in [0.05, 0.1) is 19.8 Å². The van der Waals surface area contributed by atoms with Crippen LogP contribution in [0.1, 0.15) is 18.6 Å². The molecule has 1 aliphatic rings. The summed E-state index contributed by atoms with van der Waals surface area (Å²) in [5.41, 5.74) is 1.06. The van der Waals surface area contributed by atoms with Crippen molar-refractivity contribution in [1.29, 1.82) is 0 Å². The third-order valence-corrected chi connectivity index (χ3v) is 3.77. The first kappa shape index (κ1) is 16.2. The molecule has 0 aliphatic carbocycles. The van der Waals surface area contributed by atoms with Crippen molar-refractivity contribution < 1.29 is 14.3 Å². The number of carbonyl (C=O) groups excluding carboxylic acids is 1. The molecule has 7 heteroatoms. The summed E-state index contributed by atoms with van der Waals surface area (Å²) >= 11 is 0. The molecule has 0 bridgehead atoms. The number of nitrogens with one attached hydrogen (secondary N) is 1. The van der Waals surface area contributed by atoms with Gasteiger partial charge in [0.2, 0.25) is 0 Å². The predicted molar refractivity (Wildman–Crippen MR) is 88.9 cm³/mol. The Kier molecular flexibility index (Phi) is 4.90. The fraction of sp³-hybridized carbons (Fsp3) is 0.353. The Morgan fingerprint density at radius 1 is 1.29 bits per heavy atom. The maximum absolute atomic E-state index is 12.5. The highest BCUT2D eigenvalue weighted by Crippen LogP contribution is 2.25. The first-order valence-electron chi connectivity index (χ1n) is 7.79. The van der Waals surface area contributed by atoms with Crippen LogP contribution in [-0.2, 0) is 4.74 Å². The molecule has 1 aliphatic heterocycles. The van der Waals surface area contributed by atoms with Crippen LogP contribution < -0.4 is 10.1 Å². The van der Waals surface area contributed by atoms with Crippen molar-refractivity contribution in [3.05, 3.63) is 48.2 Å². The van der Waals surface area contributed by atoms with Crippen molar-refractivity contribution >= 4 is 11.8 Å². The van der Waals surface area contributed by atoms with Gasteiger partial charge in [0.1, 0.15) is 11.9 Å². The monoisotopic (exact) mass is 328 g/mol. The largest absolute Gasteiger partial charge is 0.467 e. The highest BCUT2D eigenvalue weighted by Gasteiger charge is 2.29. The second kappa shape index (κ2) is 7.27. The van der Waals surface area contributed by atoms with Crippen LogP contribution in [0.2, 0.25) is 0 Å². The maximum atomic E-state index is 12.5. The lowest BCUT2D eigenvalue weighted by atomic mass is 10.1. The van der Waals surface area contributed by atoms with Gasteiger partial charge < -0.3 is 14.4 Å². The molecule has 24 heavy (non-hydrogen) atoms. The first-order valence-corrected chi connectivity index (χ1v) is 7.79. The van der Waals surface area contributed by atoms with Crippen LogP contribution in [0.5, 0.6) is 6.01 Å². The van der Waals surface area contributed by atoms with Crippen molar-refractivity contribution in [2.24, 2.45) is 0 Å². The molecule has 2 heterocycles. The second-order valence-corrected chi connectivity index (χ2v) is 5.61. The summed E-state index contributed by atoms with van der Waals surface area (Å²) in [6, 6.07) is 11.5. The van der Waals surface area contributed by atoms with E-state index in [1.54, 1.807) is 11.0 Å². The molecule has 2 aromatic rings. The Morgan fingerprint density at radius 2 is 2.08 bits per heavy atom. The third-order valence-electron chi connectivity index (χ3n) is 3.77.